The Bertz CT molecular complexity index is 303. The standard InChI is InChI=1S/C8H11N3OS/c1-3-4-12-7-5-6(9)10-8(11-7)13-2/h3,5H,1,4H2,2H3,(H2,9,10,11). The Morgan fingerprint density at radius 2 is 2.46 bits per heavy atom. The normalized spacial score (nSPS) is 9.62. The molecule has 0 aliphatic rings. The lowest BCUT2D eigenvalue weighted by molar-refractivity contribution is 0.345. The molecule has 1 aromatic rings. The van der Waals surface area contributed by atoms with Crippen molar-refractivity contribution in [2.24, 2.45) is 0 Å². The molecule has 0 amide bonds. The summed E-state index contributed by atoms with van der Waals surface area (Å²) in [6.07, 6.45) is 3.53. The number of ether oxygens (including phenoxy) is 1. The van der Waals surface area contributed by atoms with Crippen molar-refractivity contribution < 1.29 is 4.74 Å². The quantitative estimate of drug-likeness (QED) is 0.448. The summed E-state index contributed by atoms with van der Waals surface area (Å²) in [5.74, 6) is 0.898. The number of hydrogen-bond acceptors (Lipinski definition) is 5. The first kappa shape index (κ1) is 9.85. The first-order chi connectivity index (χ1) is 6.26. The molecule has 13 heavy (non-hydrogen) atoms. The second-order valence-electron chi connectivity index (χ2n) is 2.22. The van der Waals surface area contributed by atoms with Gasteiger partial charge in [0.15, 0.2) is 5.16 Å². The Kier molecular flexibility index (Phi) is 3.57. The van der Waals surface area contributed by atoms with Gasteiger partial charge in [0, 0.05) is 6.07 Å². The minimum absolute atomic E-state index is 0.415. The van der Waals surface area contributed by atoms with Crippen LogP contribution in [0.3, 0.4) is 0 Å². The van der Waals surface area contributed by atoms with E-state index in [9.17, 15) is 0 Å². The molecule has 0 spiro atoms. The van der Waals surface area contributed by atoms with Crippen molar-refractivity contribution in [1.82, 2.24) is 9.97 Å². The molecule has 0 fully saturated rings. The zero-order valence-corrected chi connectivity index (χ0v) is 8.17. The summed E-state index contributed by atoms with van der Waals surface area (Å²) >= 11 is 1.42. The van der Waals surface area contributed by atoms with Crippen molar-refractivity contribution in [2.45, 2.75) is 5.16 Å². The molecule has 0 saturated carbocycles. The molecule has 5 heteroatoms. The van der Waals surface area contributed by atoms with E-state index in [2.05, 4.69) is 16.5 Å². The third-order valence-corrected chi connectivity index (χ3v) is 1.78. The van der Waals surface area contributed by atoms with Gasteiger partial charge in [-0.1, -0.05) is 24.4 Å². The molecular weight excluding hydrogens is 186 g/mol. The maximum Gasteiger partial charge on any atom is 0.219 e. The Balaban J connectivity index is 2.81. The average molecular weight is 197 g/mol. The van der Waals surface area contributed by atoms with E-state index in [4.69, 9.17) is 10.5 Å². The van der Waals surface area contributed by atoms with Gasteiger partial charge in [-0.15, -0.1) is 0 Å². The van der Waals surface area contributed by atoms with Crippen LogP contribution < -0.4 is 10.5 Å². The highest BCUT2D eigenvalue weighted by Gasteiger charge is 2.01. The van der Waals surface area contributed by atoms with Gasteiger partial charge in [0.2, 0.25) is 5.88 Å². The fraction of sp³-hybridized carbons (Fsp3) is 0.250. The van der Waals surface area contributed by atoms with Crippen LogP contribution in [-0.4, -0.2) is 22.8 Å². The number of hydrogen-bond donors (Lipinski definition) is 1. The van der Waals surface area contributed by atoms with Crippen molar-refractivity contribution in [1.29, 1.82) is 0 Å². The molecule has 4 nitrogen and oxygen atoms in total. The van der Waals surface area contributed by atoms with Crippen LogP contribution in [0.4, 0.5) is 5.82 Å². The van der Waals surface area contributed by atoms with Crippen molar-refractivity contribution in [2.75, 3.05) is 18.6 Å². The van der Waals surface area contributed by atoms with Gasteiger partial charge in [-0.3, -0.25) is 0 Å². The molecule has 0 unspecified atom stereocenters. The second kappa shape index (κ2) is 4.71. The zero-order valence-electron chi connectivity index (χ0n) is 7.36. The second-order valence-corrected chi connectivity index (χ2v) is 2.99. The van der Waals surface area contributed by atoms with Gasteiger partial charge >= 0.3 is 0 Å². The van der Waals surface area contributed by atoms with Crippen molar-refractivity contribution >= 4 is 17.6 Å². The van der Waals surface area contributed by atoms with E-state index in [1.807, 2.05) is 6.26 Å². The molecule has 1 heterocycles. The zero-order chi connectivity index (χ0) is 9.68. The maximum atomic E-state index is 5.54. The molecule has 0 atom stereocenters. The highest BCUT2D eigenvalue weighted by molar-refractivity contribution is 7.98. The van der Waals surface area contributed by atoms with Crippen LogP contribution in [0, 0.1) is 0 Å². The smallest absolute Gasteiger partial charge is 0.219 e. The number of rotatable bonds is 4. The lowest BCUT2D eigenvalue weighted by Gasteiger charge is -2.03. The summed E-state index contributed by atoms with van der Waals surface area (Å²) in [6.45, 7) is 3.96. The van der Waals surface area contributed by atoms with Crippen molar-refractivity contribution in [3.63, 3.8) is 0 Å². The molecule has 0 bridgehead atoms. The van der Waals surface area contributed by atoms with Gasteiger partial charge in [0.25, 0.3) is 0 Å². The van der Waals surface area contributed by atoms with Gasteiger partial charge in [-0.05, 0) is 6.26 Å². The number of nitrogens with two attached hydrogens (primary N) is 1. The Morgan fingerprint density at radius 3 is 3.08 bits per heavy atom. The van der Waals surface area contributed by atoms with Crippen LogP contribution in [0.2, 0.25) is 0 Å². The fourth-order valence-corrected chi connectivity index (χ4v) is 1.11. The van der Waals surface area contributed by atoms with Gasteiger partial charge in [-0.25, -0.2) is 4.98 Å². The largest absolute Gasteiger partial charge is 0.473 e. The molecule has 1 aromatic heterocycles. The highest BCUT2D eigenvalue weighted by Crippen LogP contribution is 2.16. The van der Waals surface area contributed by atoms with Gasteiger partial charge < -0.3 is 10.5 Å². The van der Waals surface area contributed by atoms with Crippen molar-refractivity contribution in [3.05, 3.63) is 18.7 Å². The van der Waals surface area contributed by atoms with Gasteiger partial charge in [0.1, 0.15) is 12.4 Å². The number of aromatic nitrogens is 2. The minimum atomic E-state index is 0.415. The SMILES string of the molecule is C=CCOc1cc(N)nc(SC)n1. The van der Waals surface area contributed by atoms with Gasteiger partial charge in [-0.2, -0.15) is 4.98 Å². The average Bonchev–Trinajstić information content (AvgIpc) is 2.14. The van der Waals surface area contributed by atoms with E-state index in [0.29, 0.717) is 23.5 Å². The number of anilines is 1. The lowest BCUT2D eigenvalue weighted by Crippen LogP contribution is -2.00. The Hall–Kier alpha value is -1.23. The molecule has 0 aromatic carbocycles. The molecule has 0 saturated heterocycles. The fourth-order valence-electron chi connectivity index (χ4n) is 0.730. The highest BCUT2D eigenvalue weighted by atomic mass is 32.2. The number of nitrogen functional groups attached to an aromatic ring is 1. The van der Waals surface area contributed by atoms with Crippen LogP contribution in [0.5, 0.6) is 5.88 Å². The van der Waals surface area contributed by atoms with Crippen LogP contribution >= 0.6 is 11.8 Å². The van der Waals surface area contributed by atoms with Crippen molar-refractivity contribution in [3.8, 4) is 5.88 Å². The third-order valence-electron chi connectivity index (χ3n) is 1.23. The summed E-state index contributed by atoms with van der Waals surface area (Å²) in [4.78, 5) is 8.08. The molecule has 0 aliphatic carbocycles. The molecule has 70 valence electrons. The van der Waals surface area contributed by atoms with E-state index in [-0.39, 0.29) is 0 Å². The van der Waals surface area contributed by atoms with Crippen LogP contribution in [0.15, 0.2) is 23.9 Å². The Labute approximate surface area is 81.2 Å². The third kappa shape index (κ3) is 2.95. The van der Waals surface area contributed by atoms with E-state index >= 15 is 0 Å². The lowest BCUT2D eigenvalue weighted by atomic mass is 10.6. The minimum Gasteiger partial charge on any atom is -0.473 e. The van der Waals surface area contributed by atoms with Gasteiger partial charge in [0.05, 0.1) is 0 Å². The topological polar surface area (TPSA) is 61.0 Å². The van der Waals surface area contributed by atoms with E-state index < -0.39 is 0 Å². The van der Waals surface area contributed by atoms with Crippen LogP contribution in [-0.2, 0) is 0 Å². The molecule has 2 N–H and O–H groups in total. The van der Waals surface area contributed by atoms with E-state index in [1.165, 1.54) is 11.8 Å². The van der Waals surface area contributed by atoms with E-state index in [0.717, 1.165) is 0 Å². The summed E-state index contributed by atoms with van der Waals surface area (Å²) < 4.78 is 5.22. The summed E-state index contributed by atoms with van der Waals surface area (Å²) in [5.41, 5.74) is 5.54. The van der Waals surface area contributed by atoms with Crippen LogP contribution in [0.25, 0.3) is 0 Å². The molecule has 1 rings (SSSR count). The molecule has 0 aliphatic heterocycles. The molecule has 0 radical (unpaired) electrons. The maximum absolute atomic E-state index is 5.54. The first-order valence-electron chi connectivity index (χ1n) is 3.68. The Morgan fingerprint density at radius 1 is 1.69 bits per heavy atom. The predicted octanol–water partition coefficient (Wildman–Crippen LogP) is 1.35. The summed E-state index contributed by atoms with van der Waals surface area (Å²) in [7, 11) is 0. The van der Waals surface area contributed by atoms with Crippen LogP contribution in [0.1, 0.15) is 0 Å². The van der Waals surface area contributed by atoms with E-state index in [1.54, 1.807) is 12.1 Å². The first-order valence-corrected chi connectivity index (χ1v) is 4.91. The number of thioether (sulfide) groups is 1. The summed E-state index contributed by atoms with van der Waals surface area (Å²) in [5, 5.41) is 0.610. The monoisotopic (exact) mass is 197 g/mol. The summed E-state index contributed by atoms with van der Waals surface area (Å²) in [6, 6.07) is 1.59. The predicted molar refractivity (Wildman–Crippen MR) is 53.9 cm³/mol. The number of nitrogens with zero attached hydrogens (tertiary/aromatic N) is 2. The molecular formula is C8H11N3OS.